The molecule has 1 fully saturated rings. The van der Waals surface area contributed by atoms with E-state index in [2.05, 4.69) is 19.6 Å². The van der Waals surface area contributed by atoms with Gasteiger partial charge in [0.1, 0.15) is 17.5 Å². The van der Waals surface area contributed by atoms with Crippen LogP contribution in [-0.2, 0) is 13.9 Å². The molecular formula is C19H30FNO4Si. The summed E-state index contributed by atoms with van der Waals surface area (Å²) in [6, 6.07) is 5.61. The van der Waals surface area contributed by atoms with Crippen LogP contribution in [0.15, 0.2) is 24.3 Å². The van der Waals surface area contributed by atoms with Crippen LogP contribution < -0.4 is 0 Å². The van der Waals surface area contributed by atoms with E-state index < -0.39 is 31.8 Å². The Balaban J connectivity index is 2.46. The largest absolute Gasteiger partial charge is 0.444 e. The van der Waals surface area contributed by atoms with E-state index in [0.717, 1.165) is 5.56 Å². The van der Waals surface area contributed by atoms with Crippen LogP contribution >= 0.6 is 0 Å². The van der Waals surface area contributed by atoms with E-state index in [1.807, 2.05) is 20.8 Å². The predicted molar refractivity (Wildman–Crippen MR) is 101 cm³/mol. The number of ether oxygens (including phenoxy) is 2. The maximum absolute atomic E-state index is 13.4. The lowest BCUT2D eigenvalue weighted by molar-refractivity contribution is -0.186. The first-order chi connectivity index (χ1) is 11.9. The van der Waals surface area contributed by atoms with Crippen molar-refractivity contribution < 1.29 is 23.1 Å². The molecular weight excluding hydrogens is 353 g/mol. The molecule has 0 saturated carbocycles. The fourth-order valence-electron chi connectivity index (χ4n) is 3.26. The van der Waals surface area contributed by atoms with E-state index in [4.69, 9.17) is 13.9 Å². The first kappa shape index (κ1) is 20.9. The Bertz CT molecular complexity index is 638. The first-order valence-electron chi connectivity index (χ1n) is 8.87. The van der Waals surface area contributed by atoms with Crippen LogP contribution in [0.25, 0.3) is 0 Å². The molecule has 2 rings (SSSR count). The lowest BCUT2D eigenvalue weighted by atomic mass is 9.99. The second kappa shape index (κ2) is 7.29. The van der Waals surface area contributed by atoms with Gasteiger partial charge in [-0.05, 0) is 58.1 Å². The highest BCUT2D eigenvalue weighted by Gasteiger charge is 2.54. The Morgan fingerprint density at radius 3 is 2.27 bits per heavy atom. The normalized spacial score (nSPS) is 24.0. The topological polar surface area (TPSA) is 48.0 Å². The highest BCUT2D eigenvalue weighted by atomic mass is 28.4. The third kappa shape index (κ3) is 4.84. The number of carbonyl (C=O) groups excluding carboxylic acids is 1. The zero-order valence-electron chi connectivity index (χ0n) is 16.8. The number of hydrogen-bond acceptors (Lipinski definition) is 4. The molecule has 5 nitrogen and oxygen atoms in total. The minimum atomic E-state index is -1.99. The highest BCUT2D eigenvalue weighted by molar-refractivity contribution is 6.69. The molecule has 146 valence electrons. The smallest absolute Gasteiger partial charge is 0.410 e. The third-order valence-corrected chi connectivity index (χ3v) is 5.03. The van der Waals surface area contributed by atoms with Crippen LogP contribution in [0.5, 0.6) is 0 Å². The van der Waals surface area contributed by atoms with Gasteiger partial charge in [0.25, 0.3) is 0 Å². The number of carbonyl (C=O) groups is 1. The molecule has 0 radical (unpaired) electrons. The third-order valence-electron chi connectivity index (χ3n) is 4.07. The number of methoxy groups -OCH3 is 1. The van der Waals surface area contributed by atoms with Gasteiger partial charge >= 0.3 is 6.09 Å². The summed E-state index contributed by atoms with van der Waals surface area (Å²) in [5, 5.41) is 0. The second-order valence-corrected chi connectivity index (χ2v) is 13.0. The molecule has 1 amide bonds. The van der Waals surface area contributed by atoms with Gasteiger partial charge in [-0.1, -0.05) is 12.1 Å². The van der Waals surface area contributed by atoms with Crippen molar-refractivity contribution in [3.63, 3.8) is 0 Å². The standard InChI is InChI=1S/C19H30FNO4Si/c1-18(2,3)24-17(22)21-13-12-19(23-4,25-26(5,6)7)16(21)14-8-10-15(20)11-9-14/h8-11,16H,12-13H2,1-7H3. The molecule has 0 spiro atoms. The van der Waals surface area contributed by atoms with Crippen LogP contribution in [0.3, 0.4) is 0 Å². The number of nitrogens with zero attached hydrogens (tertiary/aromatic N) is 1. The van der Waals surface area contributed by atoms with Crippen LogP contribution in [0, 0.1) is 5.82 Å². The zero-order chi connectivity index (χ0) is 19.8. The van der Waals surface area contributed by atoms with Gasteiger partial charge in [0, 0.05) is 20.1 Å². The van der Waals surface area contributed by atoms with Crippen molar-refractivity contribution >= 4 is 14.4 Å². The van der Waals surface area contributed by atoms with Gasteiger partial charge in [-0.15, -0.1) is 0 Å². The number of amides is 1. The van der Waals surface area contributed by atoms with Gasteiger partial charge in [-0.2, -0.15) is 0 Å². The van der Waals surface area contributed by atoms with Crippen molar-refractivity contribution in [2.45, 2.75) is 64.3 Å². The van der Waals surface area contributed by atoms with Crippen LogP contribution in [-0.4, -0.2) is 44.4 Å². The summed E-state index contributed by atoms with van der Waals surface area (Å²) in [7, 11) is -0.398. The lowest BCUT2D eigenvalue weighted by Crippen LogP contribution is -2.49. The molecule has 26 heavy (non-hydrogen) atoms. The van der Waals surface area contributed by atoms with E-state index in [9.17, 15) is 9.18 Å². The van der Waals surface area contributed by atoms with Crippen molar-refractivity contribution in [3.8, 4) is 0 Å². The fourth-order valence-corrected chi connectivity index (χ4v) is 4.59. The minimum Gasteiger partial charge on any atom is -0.444 e. The average Bonchev–Trinajstić information content (AvgIpc) is 2.84. The summed E-state index contributed by atoms with van der Waals surface area (Å²) in [6.45, 7) is 12.2. The summed E-state index contributed by atoms with van der Waals surface area (Å²) in [5.41, 5.74) is 0.150. The number of halogens is 1. The summed E-state index contributed by atoms with van der Waals surface area (Å²) < 4.78 is 31.3. The SMILES string of the molecule is COC1(O[Si](C)(C)C)CCN(C(=O)OC(C)(C)C)C1c1ccc(F)cc1. The van der Waals surface area contributed by atoms with Crippen molar-refractivity contribution in [2.75, 3.05) is 13.7 Å². The number of likely N-dealkylation sites (tertiary alicyclic amines) is 1. The van der Waals surface area contributed by atoms with Gasteiger partial charge in [0.2, 0.25) is 0 Å². The molecule has 0 aromatic heterocycles. The first-order valence-corrected chi connectivity index (χ1v) is 12.3. The van der Waals surface area contributed by atoms with Crippen molar-refractivity contribution in [1.29, 1.82) is 0 Å². The summed E-state index contributed by atoms with van der Waals surface area (Å²) >= 11 is 0. The molecule has 2 atom stereocenters. The molecule has 1 aromatic carbocycles. The van der Waals surface area contributed by atoms with Crippen molar-refractivity contribution in [2.24, 2.45) is 0 Å². The Morgan fingerprint density at radius 2 is 1.81 bits per heavy atom. The number of benzene rings is 1. The second-order valence-electron chi connectivity index (χ2n) is 8.61. The Kier molecular flexibility index (Phi) is 5.85. The van der Waals surface area contributed by atoms with Crippen LogP contribution in [0.1, 0.15) is 38.8 Å². The summed E-state index contributed by atoms with van der Waals surface area (Å²) in [6.07, 6.45) is 0.0969. The van der Waals surface area contributed by atoms with Gasteiger partial charge in [0.05, 0.1) is 0 Å². The number of hydrogen-bond donors (Lipinski definition) is 0. The maximum atomic E-state index is 13.4. The monoisotopic (exact) mass is 383 g/mol. The molecule has 0 aliphatic carbocycles. The fraction of sp³-hybridized carbons (Fsp3) is 0.632. The maximum Gasteiger partial charge on any atom is 0.410 e. The lowest BCUT2D eigenvalue weighted by Gasteiger charge is -2.41. The van der Waals surface area contributed by atoms with E-state index in [-0.39, 0.29) is 5.82 Å². The molecule has 7 heteroatoms. The number of rotatable bonds is 4. The van der Waals surface area contributed by atoms with E-state index >= 15 is 0 Å². The molecule has 1 aromatic rings. The Morgan fingerprint density at radius 1 is 1.23 bits per heavy atom. The van der Waals surface area contributed by atoms with Gasteiger partial charge in [-0.3, -0.25) is 4.90 Å². The summed E-state index contributed by atoms with van der Waals surface area (Å²) in [5.74, 6) is -1.30. The van der Waals surface area contributed by atoms with Gasteiger partial charge in [0.15, 0.2) is 14.1 Å². The Labute approximate surface area is 156 Å². The molecule has 1 aliphatic heterocycles. The van der Waals surface area contributed by atoms with Crippen molar-refractivity contribution in [3.05, 3.63) is 35.6 Å². The molecule has 0 N–H and O–H groups in total. The molecule has 1 aliphatic rings. The quantitative estimate of drug-likeness (QED) is 0.558. The van der Waals surface area contributed by atoms with Crippen molar-refractivity contribution in [1.82, 2.24) is 4.90 Å². The molecule has 1 saturated heterocycles. The van der Waals surface area contributed by atoms with Crippen LogP contribution in [0.2, 0.25) is 19.6 Å². The van der Waals surface area contributed by atoms with E-state index in [1.54, 1.807) is 24.1 Å². The average molecular weight is 384 g/mol. The van der Waals surface area contributed by atoms with Crippen LogP contribution in [0.4, 0.5) is 9.18 Å². The minimum absolute atomic E-state index is 0.329. The van der Waals surface area contributed by atoms with Gasteiger partial charge in [-0.25, -0.2) is 9.18 Å². The van der Waals surface area contributed by atoms with E-state index in [0.29, 0.717) is 13.0 Å². The zero-order valence-corrected chi connectivity index (χ0v) is 17.8. The molecule has 1 heterocycles. The predicted octanol–water partition coefficient (Wildman–Crippen LogP) is 4.70. The highest BCUT2D eigenvalue weighted by Crippen LogP contribution is 2.45. The van der Waals surface area contributed by atoms with E-state index in [1.165, 1.54) is 12.1 Å². The van der Waals surface area contributed by atoms with Gasteiger partial charge < -0.3 is 13.9 Å². The molecule has 2 unspecified atom stereocenters. The molecule has 0 bridgehead atoms. The summed E-state index contributed by atoms with van der Waals surface area (Å²) in [4.78, 5) is 14.4. The Hall–Kier alpha value is -1.44.